The Morgan fingerprint density at radius 2 is 2.05 bits per heavy atom. The summed E-state index contributed by atoms with van der Waals surface area (Å²) in [5.74, 6) is 0.352. The largest absolute Gasteiger partial charge is 0.480 e. The fraction of sp³-hybridized carbons (Fsp3) is 0.429. The molecule has 0 radical (unpaired) electrons. The highest BCUT2D eigenvalue weighted by atomic mass is 32.2. The van der Waals surface area contributed by atoms with Crippen LogP contribution in [-0.4, -0.2) is 34.5 Å². The van der Waals surface area contributed by atoms with Crippen LogP contribution >= 0.6 is 11.8 Å². The fourth-order valence-electron chi connectivity index (χ4n) is 1.67. The molecule has 1 atom stereocenters. The van der Waals surface area contributed by atoms with E-state index in [4.69, 9.17) is 5.11 Å². The summed E-state index contributed by atoms with van der Waals surface area (Å²) in [5.41, 5.74) is 1.36. The Labute approximate surface area is 117 Å². The van der Waals surface area contributed by atoms with E-state index in [1.54, 1.807) is 23.9 Å². The average Bonchev–Trinajstić information content (AvgIpc) is 2.38. The van der Waals surface area contributed by atoms with Crippen LogP contribution in [0.2, 0.25) is 0 Å². The number of hydrogen-bond acceptors (Lipinski definition) is 3. The highest BCUT2D eigenvalue weighted by Crippen LogP contribution is 2.09. The van der Waals surface area contributed by atoms with Crippen LogP contribution in [0.1, 0.15) is 29.3 Å². The zero-order valence-corrected chi connectivity index (χ0v) is 12.0. The number of hydrogen-bond donors (Lipinski definition) is 2. The van der Waals surface area contributed by atoms with E-state index in [0.717, 1.165) is 17.1 Å². The third-order valence-electron chi connectivity index (χ3n) is 2.75. The monoisotopic (exact) mass is 281 g/mol. The van der Waals surface area contributed by atoms with E-state index in [0.29, 0.717) is 12.0 Å². The fourth-order valence-corrected chi connectivity index (χ4v) is 2.36. The Hall–Kier alpha value is -1.49. The van der Waals surface area contributed by atoms with Crippen molar-refractivity contribution in [1.82, 2.24) is 5.32 Å². The average molecular weight is 281 g/mol. The molecule has 0 aliphatic rings. The minimum absolute atomic E-state index is 0.327. The van der Waals surface area contributed by atoms with Gasteiger partial charge < -0.3 is 10.4 Å². The van der Waals surface area contributed by atoms with Crippen LogP contribution < -0.4 is 5.32 Å². The lowest BCUT2D eigenvalue weighted by Gasteiger charge is -2.15. The van der Waals surface area contributed by atoms with Crippen LogP contribution in [-0.2, 0) is 4.79 Å². The van der Waals surface area contributed by atoms with E-state index < -0.39 is 12.0 Å². The molecule has 0 bridgehead atoms. The van der Waals surface area contributed by atoms with Crippen LogP contribution in [0.3, 0.4) is 0 Å². The van der Waals surface area contributed by atoms with Crippen molar-refractivity contribution in [3.63, 3.8) is 0 Å². The molecule has 1 unspecified atom stereocenters. The molecule has 1 amide bonds. The van der Waals surface area contributed by atoms with Gasteiger partial charge in [-0.1, -0.05) is 25.1 Å². The maximum absolute atomic E-state index is 12.0. The first-order valence-electron chi connectivity index (χ1n) is 6.23. The second-order valence-electron chi connectivity index (χ2n) is 4.16. The van der Waals surface area contributed by atoms with Crippen LogP contribution in [0.15, 0.2) is 24.3 Å². The van der Waals surface area contributed by atoms with E-state index in [1.807, 2.05) is 26.0 Å². The lowest BCUT2D eigenvalue weighted by atomic mass is 10.1. The van der Waals surface area contributed by atoms with Gasteiger partial charge >= 0.3 is 5.97 Å². The Morgan fingerprint density at radius 1 is 1.37 bits per heavy atom. The molecule has 1 rings (SSSR count). The van der Waals surface area contributed by atoms with E-state index in [1.165, 1.54) is 0 Å². The lowest BCUT2D eigenvalue weighted by Crippen LogP contribution is -2.41. The molecule has 0 fully saturated rings. The summed E-state index contributed by atoms with van der Waals surface area (Å²) in [6.45, 7) is 3.85. The normalized spacial score (nSPS) is 11.9. The van der Waals surface area contributed by atoms with Gasteiger partial charge in [-0.15, -0.1) is 0 Å². The summed E-state index contributed by atoms with van der Waals surface area (Å²) in [7, 11) is 0. The molecular formula is C14H19NO3S. The second-order valence-corrected chi connectivity index (χ2v) is 5.56. The number of carbonyl (C=O) groups is 2. The van der Waals surface area contributed by atoms with E-state index >= 15 is 0 Å². The summed E-state index contributed by atoms with van der Waals surface area (Å²) in [6.07, 6.45) is 0.436. The minimum atomic E-state index is -0.987. The lowest BCUT2D eigenvalue weighted by molar-refractivity contribution is -0.139. The first kappa shape index (κ1) is 15.6. The predicted molar refractivity (Wildman–Crippen MR) is 77.7 cm³/mol. The van der Waals surface area contributed by atoms with Crippen LogP contribution in [0.5, 0.6) is 0 Å². The van der Waals surface area contributed by atoms with Gasteiger partial charge in [0.15, 0.2) is 0 Å². The standard InChI is InChI=1S/C14H19NO3S/c1-3-19-9-8-12(14(17)18)15-13(16)11-7-5-4-6-10(11)2/h4-7,12H,3,8-9H2,1-2H3,(H,15,16)(H,17,18). The number of aryl methyl sites for hydroxylation is 1. The number of rotatable bonds is 7. The molecule has 0 spiro atoms. The molecule has 0 aromatic heterocycles. The summed E-state index contributed by atoms with van der Waals surface area (Å²) in [4.78, 5) is 23.2. The van der Waals surface area contributed by atoms with E-state index in [-0.39, 0.29) is 5.91 Å². The molecule has 5 heteroatoms. The Balaban J connectivity index is 2.66. The molecule has 1 aromatic carbocycles. The van der Waals surface area contributed by atoms with Gasteiger partial charge in [0.05, 0.1) is 0 Å². The van der Waals surface area contributed by atoms with Gasteiger partial charge in [0.2, 0.25) is 0 Å². The van der Waals surface area contributed by atoms with Crippen molar-refractivity contribution in [2.75, 3.05) is 11.5 Å². The van der Waals surface area contributed by atoms with Crippen molar-refractivity contribution < 1.29 is 14.7 Å². The number of aliphatic carboxylic acids is 1. The van der Waals surface area contributed by atoms with Crippen molar-refractivity contribution >= 4 is 23.6 Å². The molecule has 0 saturated carbocycles. The quantitative estimate of drug-likeness (QED) is 0.753. The summed E-state index contributed by atoms with van der Waals surface area (Å²) >= 11 is 1.67. The summed E-state index contributed by atoms with van der Waals surface area (Å²) in [6, 6.07) is 6.32. The van der Waals surface area contributed by atoms with Gasteiger partial charge in [0.1, 0.15) is 6.04 Å². The van der Waals surface area contributed by atoms with Crippen molar-refractivity contribution in [1.29, 1.82) is 0 Å². The van der Waals surface area contributed by atoms with Gasteiger partial charge in [-0.3, -0.25) is 4.79 Å². The number of carboxylic acids is 1. The van der Waals surface area contributed by atoms with Crippen molar-refractivity contribution in [2.45, 2.75) is 26.3 Å². The number of benzene rings is 1. The first-order chi connectivity index (χ1) is 9.06. The molecule has 104 valence electrons. The number of carboxylic acid groups (broad SMARTS) is 1. The molecule has 19 heavy (non-hydrogen) atoms. The molecule has 0 aliphatic carbocycles. The van der Waals surface area contributed by atoms with Gasteiger partial charge in [0.25, 0.3) is 5.91 Å². The first-order valence-corrected chi connectivity index (χ1v) is 7.38. The summed E-state index contributed by atoms with van der Waals surface area (Å²) in [5, 5.41) is 11.7. The highest BCUT2D eigenvalue weighted by molar-refractivity contribution is 7.99. The molecule has 1 aromatic rings. The molecule has 0 aliphatic heterocycles. The zero-order chi connectivity index (χ0) is 14.3. The Kier molecular flexibility index (Phi) is 6.42. The molecule has 2 N–H and O–H groups in total. The Morgan fingerprint density at radius 3 is 2.63 bits per heavy atom. The topological polar surface area (TPSA) is 66.4 Å². The van der Waals surface area contributed by atoms with Gasteiger partial charge in [-0.25, -0.2) is 4.79 Å². The number of nitrogens with one attached hydrogen (secondary N) is 1. The molecular weight excluding hydrogens is 262 g/mol. The molecule has 4 nitrogen and oxygen atoms in total. The van der Waals surface area contributed by atoms with Crippen molar-refractivity contribution in [3.8, 4) is 0 Å². The van der Waals surface area contributed by atoms with Crippen LogP contribution in [0.25, 0.3) is 0 Å². The van der Waals surface area contributed by atoms with Gasteiger partial charge in [-0.2, -0.15) is 11.8 Å². The van der Waals surface area contributed by atoms with Crippen molar-refractivity contribution in [3.05, 3.63) is 35.4 Å². The highest BCUT2D eigenvalue weighted by Gasteiger charge is 2.20. The van der Waals surface area contributed by atoms with Gasteiger partial charge in [-0.05, 0) is 36.5 Å². The molecule has 0 heterocycles. The van der Waals surface area contributed by atoms with Crippen LogP contribution in [0.4, 0.5) is 0 Å². The number of thioether (sulfide) groups is 1. The Bertz CT molecular complexity index is 448. The predicted octanol–water partition coefficient (Wildman–Crippen LogP) is 2.32. The summed E-state index contributed by atoms with van der Waals surface area (Å²) < 4.78 is 0. The minimum Gasteiger partial charge on any atom is -0.480 e. The maximum atomic E-state index is 12.0. The maximum Gasteiger partial charge on any atom is 0.326 e. The molecule has 0 saturated heterocycles. The van der Waals surface area contributed by atoms with E-state index in [9.17, 15) is 9.59 Å². The van der Waals surface area contributed by atoms with Gasteiger partial charge in [0, 0.05) is 5.56 Å². The van der Waals surface area contributed by atoms with Crippen LogP contribution in [0, 0.1) is 6.92 Å². The third-order valence-corrected chi connectivity index (χ3v) is 3.68. The van der Waals surface area contributed by atoms with E-state index in [2.05, 4.69) is 5.32 Å². The zero-order valence-electron chi connectivity index (χ0n) is 11.2. The number of amides is 1. The van der Waals surface area contributed by atoms with Crippen molar-refractivity contribution in [2.24, 2.45) is 0 Å². The smallest absolute Gasteiger partial charge is 0.326 e. The number of carbonyl (C=O) groups excluding carboxylic acids is 1. The second kappa shape index (κ2) is 7.84. The SMILES string of the molecule is CCSCCC(NC(=O)c1ccccc1C)C(=O)O. The third kappa shape index (κ3) is 4.95.